The van der Waals surface area contributed by atoms with Crippen LogP contribution in [-0.2, 0) is 12.7 Å². The molecule has 0 aliphatic heterocycles. The van der Waals surface area contributed by atoms with Gasteiger partial charge in [0.05, 0.1) is 6.54 Å². The lowest BCUT2D eigenvalue weighted by Crippen LogP contribution is -2.11. The summed E-state index contributed by atoms with van der Waals surface area (Å²) in [6, 6.07) is 2.69. The van der Waals surface area contributed by atoms with Crippen molar-refractivity contribution in [2.24, 2.45) is 0 Å². The van der Waals surface area contributed by atoms with Gasteiger partial charge in [0.25, 0.3) is 0 Å². The van der Waals surface area contributed by atoms with Gasteiger partial charge in [-0.15, -0.1) is 11.3 Å². The molecule has 2 aromatic heterocycles. The molecule has 0 aliphatic carbocycles. The van der Waals surface area contributed by atoms with E-state index in [4.69, 9.17) is 11.6 Å². The normalized spacial score (nSPS) is 11.6. The molecule has 3 nitrogen and oxygen atoms in total. The molecule has 2 rings (SSSR count). The molecule has 0 radical (unpaired) electrons. The standard InChI is InChI=1S/C10H6BrClF3N3S/c11-5-1-6(19-4-5)3-16-8-2-7(10(13,14)15)17-9(12)18-8/h1-2,4H,3H2,(H,16,17,18). The molecule has 0 amide bonds. The van der Waals surface area contributed by atoms with Crippen molar-refractivity contribution in [1.29, 1.82) is 0 Å². The monoisotopic (exact) mass is 371 g/mol. The Morgan fingerprint density at radius 2 is 2.05 bits per heavy atom. The number of rotatable bonds is 3. The van der Waals surface area contributed by atoms with Crippen molar-refractivity contribution in [2.45, 2.75) is 12.7 Å². The molecule has 2 aromatic rings. The summed E-state index contributed by atoms with van der Waals surface area (Å²) in [5.74, 6) is 0.0387. The van der Waals surface area contributed by atoms with E-state index >= 15 is 0 Å². The molecule has 0 unspecified atom stereocenters. The van der Waals surface area contributed by atoms with Gasteiger partial charge in [0, 0.05) is 20.8 Å². The Kier molecular flexibility index (Phi) is 4.32. The van der Waals surface area contributed by atoms with Crippen LogP contribution in [0.5, 0.6) is 0 Å². The summed E-state index contributed by atoms with van der Waals surface area (Å²) in [5, 5.41) is 4.22. The third kappa shape index (κ3) is 4.05. The van der Waals surface area contributed by atoms with E-state index in [9.17, 15) is 13.2 Å². The van der Waals surface area contributed by atoms with Crippen molar-refractivity contribution in [2.75, 3.05) is 5.32 Å². The topological polar surface area (TPSA) is 37.8 Å². The molecular formula is C10H6BrClF3N3S. The largest absolute Gasteiger partial charge is 0.433 e. The van der Waals surface area contributed by atoms with Crippen LogP contribution < -0.4 is 5.32 Å². The molecule has 19 heavy (non-hydrogen) atoms. The molecule has 0 spiro atoms. The second-order valence-electron chi connectivity index (χ2n) is 3.49. The first-order valence-corrected chi connectivity index (χ1v) is 6.98. The van der Waals surface area contributed by atoms with Gasteiger partial charge in [-0.2, -0.15) is 13.2 Å². The van der Waals surface area contributed by atoms with Gasteiger partial charge in [-0.3, -0.25) is 0 Å². The highest BCUT2D eigenvalue weighted by molar-refractivity contribution is 9.10. The lowest BCUT2D eigenvalue weighted by atomic mass is 10.3. The Bertz CT molecular complexity index is 588. The van der Waals surface area contributed by atoms with Crippen molar-refractivity contribution in [3.63, 3.8) is 0 Å². The van der Waals surface area contributed by atoms with Gasteiger partial charge >= 0.3 is 6.18 Å². The fraction of sp³-hybridized carbons (Fsp3) is 0.200. The number of hydrogen-bond donors (Lipinski definition) is 1. The van der Waals surface area contributed by atoms with E-state index in [1.807, 2.05) is 11.4 Å². The predicted octanol–water partition coefficient (Wildman–Crippen LogP) is 4.58. The van der Waals surface area contributed by atoms with Crippen LogP contribution in [0.4, 0.5) is 19.0 Å². The number of alkyl halides is 3. The Balaban J connectivity index is 2.14. The van der Waals surface area contributed by atoms with Crippen LogP contribution >= 0.6 is 38.9 Å². The van der Waals surface area contributed by atoms with E-state index in [-0.39, 0.29) is 5.82 Å². The summed E-state index contributed by atoms with van der Waals surface area (Å²) in [6.45, 7) is 0.362. The maximum Gasteiger partial charge on any atom is 0.433 e. The highest BCUT2D eigenvalue weighted by Crippen LogP contribution is 2.30. The first kappa shape index (κ1) is 14.5. The molecule has 0 aromatic carbocycles. The van der Waals surface area contributed by atoms with Crippen molar-refractivity contribution in [3.05, 3.63) is 37.8 Å². The minimum absolute atomic E-state index is 0.0387. The molecule has 0 atom stereocenters. The highest BCUT2D eigenvalue weighted by atomic mass is 79.9. The third-order valence-corrected chi connectivity index (χ3v) is 3.92. The average Bonchev–Trinajstić information content (AvgIpc) is 2.71. The molecule has 102 valence electrons. The Morgan fingerprint density at radius 1 is 1.32 bits per heavy atom. The summed E-state index contributed by atoms with van der Waals surface area (Å²) in [7, 11) is 0. The summed E-state index contributed by atoms with van der Waals surface area (Å²) in [4.78, 5) is 7.81. The maximum atomic E-state index is 12.5. The van der Waals surface area contributed by atoms with Gasteiger partial charge in [-0.05, 0) is 33.6 Å². The second kappa shape index (κ2) is 5.64. The summed E-state index contributed by atoms with van der Waals surface area (Å²) in [5.41, 5.74) is -1.07. The van der Waals surface area contributed by atoms with Crippen molar-refractivity contribution >= 4 is 44.7 Å². The third-order valence-electron chi connectivity index (χ3n) is 2.05. The maximum absolute atomic E-state index is 12.5. The number of thiophene rings is 1. The number of aromatic nitrogens is 2. The number of halogens is 5. The zero-order valence-corrected chi connectivity index (χ0v) is 12.3. The zero-order valence-electron chi connectivity index (χ0n) is 9.13. The molecule has 0 saturated carbocycles. The minimum Gasteiger partial charge on any atom is -0.365 e. The molecule has 1 N–H and O–H groups in total. The van der Waals surface area contributed by atoms with E-state index in [0.717, 1.165) is 15.4 Å². The first-order valence-electron chi connectivity index (χ1n) is 4.93. The van der Waals surface area contributed by atoms with Crippen LogP contribution in [0.1, 0.15) is 10.6 Å². The van der Waals surface area contributed by atoms with Gasteiger partial charge < -0.3 is 5.32 Å². The predicted molar refractivity (Wildman–Crippen MR) is 71.4 cm³/mol. The number of nitrogens with zero attached hydrogens (tertiary/aromatic N) is 2. The molecule has 0 saturated heterocycles. The van der Waals surface area contributed by atoms with Gasteiger partial charge in [-0.1, -0.05) is 0 Å². The van der Waals surface area contributed by atoms with Gasteiger partial charge in [0.15, 0.2) is 5.69 Å². The Labute approximate surface area is 124 Å². The molecule has 2 heterocycles. The van der Waals surface area contributed by atoms with Crippen LogP contribution in [0.3, 0.4) is 0 Å². The van der Waals surface area contributed by atoms with Gasteiger partial charge in [-0.25, -0.2) is 9.97 Å². The number of anilines is 1. The van der Waals surface area contributed by atoms with Crippen LogP contribution in [-0.4, -0.2) is 9.97 Å². The summed E-state index contributed by atoms with van der Waals surface area (Å²) in [6.07, 6.45) is -4.55. The molecule has 9 heteroatoms. The van der Waals surface area contributed by atoms with Crippen LogP contribution in [0.15, 0.2) is 22.0 Å². The van der Waals surface area contributed by atoms with E-state index in [1.54, 1.807) is 0 Å². The SMILES string of the molecule is FC(F)(F)c1cc(NCc2cc(Br)cs2)nc(Cl)n1. The van der Waals surface area contributed by atoms with Crippen molar-refractivity contribution in [1.82, 2.24) is 9.97 Å². The number of nitrogens with one attached hydrogen (secondary N) is 1. The second-order valence-corrected chi connectivity index (χ2v) is 5.74. The lowest BCUT2D eigenvalue weighted by Gasteiger charge is -2.09. The smallest absolute Gasteiger partial charge is 0.365 e. The number of hydrogen-bond acceptors (Lipinski definition) is 4. The fourth-order valence-electron chi connectivity index (χ4n) is 1.28. The van der Waals surface area contributed by atoms with Crippen LogP contribution in [0, 0.1) is 0 Å². The summed E-state index contributed by atoms with van der Waals surface area (Å²) < 4.78 is 38.5. The van der Waals surface area contributed by atoms with Gasteiger partial charge in [0.1, 0.15) is 5.82 Å². The van der Waals surface area contributed by atoms with Crippen molar-refractivity contribution < 1.29 is 13.2 Å². The summed E-state index contributed by atoms with van der Waals surface area (Å²) >= 11 is 10.2. The highest BCUT2D eigenvalue weighted by Gasteiger charge is 2.33. The quantitative estimate of drug-likeness (QED) is 0.801. The molecule has 0 aliphatic rings. The van der Waals surface area contributed by atoms with Gasteiger partial charge in [0.2, 0.25) is 5.28 Å². The van der Waals surface area contributed by atoms with E-state index < -0.39 is 17.2 Å². The zero-order chi connectivity index (χ0) is 14.0. The molecular weight excluding hydrogens is 367 g/mol. The Morgan fingerprint density at radius 3 is 2.63 bits per heavy atom. The Hall–Kier alpha value is -0.860. The van der Waals surface area contributed by atoms with Crippen molar-refractivity contribution in [3.8, 4) is 0 Å². The van der Waals surface area contributed by atoms with Crippen LogP contribution in [0.25, 0.3) is 0 Å². The first-order chi connectivity index (χ1) is 8.84. The average molecular weight is 373 g/mol. The minimum atomic E-state index is -4.55. The molecule has 0 bridgehead atoms. The van der Waals surface area contributed by atoms with Crippen LogP contribution in [0.2, 0.25) is 5.28 Å². The fourth-order valence-corrected chi connectivity index (χ4v) is 2.85. The van der Waals surface area contributed by atoms with E-state index in [0.29, 0.717) is 6.54 Å². The molecule has 0 fully saturated rings. The lowest BCUT2D eigenvalue weighted by molar-refractivity contribution is -0.141. The van der Waals surface area contributed by atoms with E-state index in [2.05, 4.69) is 31.2 Å². The van der Waals surface area contributed by atoms with E-state index in [1.165, 1.54) is 11.3 Å².